The van der Waals surface area contributed by atoms with Crippen LogP contribution in [0.1, 0.15) is 11.3 Å². The minimum Gasteiger partial charge on any atom is -0.482 e. The number of rotatable bonds is 8. The van der Waals surface area contributed by atoms with E-state index in [-0.39, 0.29) is 17.4 Å². The standard InChI is InChI=1S/C22H15BrCl2N2O5/c23-15-3-6-19(32-22(29)8-5-17-2-1-9-30-17)14(10-15)12-26-27-21(28)13-31-20-7-4-16(24)11-18(20)25/h1-12H,13H2,(H,27,28). The Morgan fingerprint density at radius 1 is 1.12 bits per heavy atom. The van der Waals surface area contributed by atoms with Crippen LogP contribution < -0.4 is 14.9 Å². The molecule has 0 bridgehead atoms. The zero-order valence-electron chi connectivity index (χ0n) is 16.3. The molecule has 2 aromatic carbocycles. The molecule has 1 amide bonds. The third-order valence-electron chi connectivity index (χ3n) is 3.75. The molecule has 0 spiro atoms. The summed E-state index contributed by atoms with van der Waals surface area (Å²) in [6, 6.07) is 13.1. The summed E-state index contributed by atoms with van der Waals surface area (Å²) >= 11 is 15.2. The molecule has 3 aromatic rings. The van der Waals surface area contributed by atoms with Crippen LogP contribution in [0.2, 0.25) is 10.0 Å². The predicted octanol–water partition coefficient (Wildman–Crippen LogP) is 5.50. The summed E-state index contributed by atoms with van der Waals surface area (Å²) in [5.41, 5.74) is 2.79. The van der Waals surface area contributed by atoms with Gasteiger partial charge in [0, 0.05) is 21.1 Å². The molecule has 7 nitrogen and oxygen atoms in total. The summed E-state index contributed by atoms with van der Waals surface area (Å²) in [4.78, 5) is 24.1. The highest BCUT2D eigenvalue weighted by molar-refractivity contribution is 9.10. The Labute approximate surface area is 201 Å². The van der Waals surface area contributed by atoms with Gasteiger partial charge in [0.15, 0.2) is 6.61 Å². The number of ether oxygens (including phenoxy) is 2. The zero-order valence-corrected chi connectivity index (χ0v) is 19.4. The lowest BCUT2D eigenvalue weighted by molar-refractivity contribution is -0.129. The van der Waals surface area contributed by atoms with Gasteiger partial charge < -0.3 is 13.9 Å². The summed E-state index contributed by atoms with van der Waals surface area (Å²) in [6.45, 7) is -0.309. The second-order valence-electron chi connectivity index (χ2n) is 6.11. The van der Waals surface area contributed by atoms with Crippen molar-refractivity contribution in [2.75, 3.05) is 6.61 Å². The van der Waals surface area contributed by atoms with Gasteiger partial charge in [0.05, 0.1) is 17.5 Å². The number of nitrogens with zero attached hydrogens (tertiary/aromatic N) is 1. The molecule has 0 saturated carbocycles. The van der Waals surface area contributed by atoms with E-state index in [0.717, 1.165) is 4.47 Å². The summed E-state index contributed by atoms with van der Waals surface area (Å²) in [6.07, 6.45) is 5.57. The van der Waals surface area contributed by atoms with E-state index >= 15 is 0 Å². The minimum absolute atomic E-state index is 0.254. The maximum atomic E-state index is 12.1. The van der Waals surface area contributed by atoms with E-state index in [1.165, 1.54) is 30.7 Å². The van der Waals surface area contributed by atoms with E-state index in [1.54, 1.807) is 42.5 Å². The predicted molar refractivity (Wildman–Crippen MR) is 125 cm³/mol. The van der Waals surface area contributed by atoms with E-state index in [4.69, 9.17) is 37.1 Å². The molecule has 0 fully saturated rings. The summed E-state index contributed by atoms with van der Waals surface area (Å²) in [5, 5.41) is 4.63. The molecule has 0 aliphatic rings. The summed E-state index contributed by atoms with van der Waals surface area (Å²) in [5.74, 6) is -0.0225. The van der Waals surface area contributed by atoms with Gasteiger partial charge in [0.25, 0.3) is 5.91 Å². The molecule has 1 N–H and O–H groups in total. The number of hydrogen-bond donors (Lipinski definition) is 1. The number of esters is 1. The average molecular weight is 538 g/mol. The van der Waals surface area contributed by atoms with Crippen LogP contribution in [0.3, 0.4) is 0 Å². The Kier molecular flexibility index (Phi) is 8.49. The van der Waals surface area contributed by atoms with Crippen LogP contribution in [0.5, 0.6) is 11.5 Å². The van der Waals surface area contributed by atoms with Gasteiger partial charge in [-0.05, 0) is 54.6 Å². The lowest BCUT2D eigenvalue weighted by Gasteiger charge is -2.08. The van der Waals surface area contributed by atoms with Crippen molar-refractivity contribution in [3.05, 3.63) is 86.7 Å². The van der Waals surface area contributed by atoms with Crippen molar-refractivity contribution in [3.8, 4) is 11.5 Å². The van der Waals surface area contributed by atoms with Crippen LogP contribution >= 0.6 is 39.1 Å². The van der Waals surface area contributed by atoms with Crippen LogP contribution in [0.4, 0.5) is 0 Å². The molecule has 0 saturated heterocycles. The molecule has 0 aliphatic heterocycles. The van der Waals surface area contributed by atoms with Gasteiger partial charge in [-0.15, -0.1) is 0 Å². The number of carbonyl (C=O) groups excluding carboxylic acids is 2. The number of halogens is 3. The Balaban J connectivity index is 1.57. The molecule has 3 rings (SSSR count). The van der Waals surface area contributed by atoms with Gasteiger partial charge in [0.1, 0.15) is 17.3 Å². The highest BCUT2D eigenvalue weighted by Gasteiger charge is 2.09. The largest absolute Gasteiger partial charge is 0.482 e. The Hall–Kier alpha value is -3.07. The smallest absolute Gasteiger partial charge is 0.336 e. The Bertz CT molecular complexity index is 1160. The maximum Gasteiger partial charge on any atom is 0.336 e. The minimum atomic E-state index is -0.601. The number of hydrogen-bond acceptors (Lipinski definition) is 6. The highest BCUT2D eigenvalue weighted by atomic mass is 79.9. The average Bonchev–Trinajstić information content (AvgIpc) is 3.27. The molecule has 1 aromatic heterocycles. The molecule has 164 valence electrons. The third-order valence-corrected chi connectivity index (χ3v) is 4.78. The first kappa shape index (κ1) is 23.6. The number of nitrogens with one attached hydrogen (secondary N) is 1. The van der Waals surface area contributed by atoms with Crippen molar-refractivity contribution in [1.82, 2.24) is 5.43 Å². The first-order valence-corrected chi connectivity index (χ1v) is 10.6. The molecular weight excluding hydrogens is 523 g/mol. The lowest BCUT2D eigenvalue weighted by Crippen LogP contribution is -2.24. The second kappa shape index (κ2) is 11.5. The first-order chi connectivity index (χ1) is 15.4. The molecule has 0 aliphatic carbocycles. The van der Waals surface area contributed by atoms with E-state index in [1.807, 2.05) is 0 Å². The van der Waals surface area contributed by atoms with Crippen LogP contribution in [-0.2, 0) is 9.59 Å². The lowest BCUT2D eigenvalue weighted by atomic mass is 10.2. The van der Waals surface area contributed by atoms with E-state index in [2.05, 4.69) is 26.5 Å². The number of carbonyl (C=O) groups is 2. The topological polar surface area (TPSA) is 90.1 Å². The van der Waals surface area contributed by atoms with Gasteiger partial charge in [-0.2, -0.15) is 5.10 Å². The van der Waals surface area contributed by atoms with Crippen LogP contribution in [0.25, 0.3) is 6.08 Å². The molecule has 32 heavy (non-hydrogen) atoms. The number of hydrazone groups is 1. The van der Waals surface area contributed by atoms with Gasteiger partial charge in [0.2, 0.25) is 0 Å². The quantitative estimate of drug-likeness (QED) is 0.135. The fraction of sp³-hybridized carbons (Fsp3) is 0.0455. The van der Waals surface area contributed by atoms with Gasteiger partial charge in [-0.3, -0.25) is 4.79 Å². The number of benzene rings is 2. The molecule has 0 atom stereocenters. The molecule has 10 heteroatoms. The monoisotopic (exact) mass is 536 g/mol. The number of furan rings is 1. The maximum absolute atomic E-state index is 12.1. The fourth-order valence-electron chi connectivity index (χ4n) is 2.33. The molecular formula is C22H15BrCl2N2O5. The Morgan fingerprint density at radius 2 is 1.94 bits per heavy atom. The van der Waals surface area contributed by atoms with E-state index in [0.29, 0.717) is 22.1 Å². The normalized spacial score (nSPS) is 11.1. The van der Waals surface area contributed by atoms with E-state index in [9.17, 15) is 9.59 Å². The van der Waals surface area contributed by atoms with Gasteiger partial charge in [-0.25, -0.2) is 10.2 Å². The van der Waals surface area contributed by atoms with Crippen molar-refractivity contribution in [2.45, 2.75) is 0 Å². The zero-order chi connectivity index (χ0) is 22.9. The van der Waals surface area contributed by atoms with Gasteiger partial charge >= 0.3 is 5.97 Å². The van der Waals surface area contributed by atoms with Crippen LogP contribution in [0, 0.1) is 0 Å². The van der Waals surface area contributed by atoms with Crippen molar-refractivity contribution >= 4 is 63.3 Å². The van der Waals surface area contributed by atoms with Crippen molar-refractivity contribution in [2.24, 2.45) is 5.10 Å². The summed E-state index contributed by atoms with van der Waals surface area (Å²) < 4.78 is 16.5. The summed E-state index contributed by atoms with van der Waals surface area (Å²) in [7, 11) is 0. The van der Waals surface area contributed by atoms with Crippen LogP contribution in [0.15, 0.2) is 74.9 Å². The SMILES string of the molecule is O=C(COc1ccc(Cl)cc1Cl)NN=Cc1cc(Br)ccc1OC(=O)C=Cc1ccco1. The number of amides is 1. The third kappa shape index (κ3) is 7.26. The fourth-order valence-corrected chi connectivity index (χ4v) is 3.18. The first-order valence-electron chi connectivity index (χ1n) is 9.03. The van der Waals surface area contributed by atoms with Crippen molar-refractivity contribution in [1.29, 1.82) is 0 Å². The molecule has 0 radical (unpaired) electrons. The van der Waals surface area contributed by atoms with Crippen LogP contribution in [-0.4, -0.2) is 24.7 Å². The highest BCUT2D eigenvalue weighted by Crippen LogP contribution is 2.27. The van der Waals surface area contributed by atoms with Crippen molar-refractivity contribution < 1.29 is 23.5 Å². The molecule has 0 unspecified atom stereocenters. The molecule has 1 heterocycles. The van der Waals surface area contributed by atoms with Crippen molar-refractivity contribution in [3.63, 3.8) is 0 Å². The second-order valence-corrected chi connectivity index (χ2v) is 7.87. The van der Waals surface area contributed by atoms with E-state index < -0.39 is 11.9 Å². The Morgan fingerprint density at radius 3 is 2.69 bits per heavy atom. The van der Waals surface area contributed by atoms with Gasteiger partial charge in [-0.1, -0.05) is 39.1 Å².